The first-order chi connectivity index (χ1) is 8.01. The van der Waals surface area contributed by atoms with Gasteiger partial charge in [-0.2, -0.15) is 11.8 Å². The molecular weight excluding hydrogens is 228 g/mol. The van der Waals surface area contributed by atoms with E-state index < -0.39 is 0 Å². The SMILES string of the molecule is CSCCOCc1ccc(CC(C)(C)C)cc1. The lowest BCUT2D eigenvalue weighted by Crippen LogP contribution is -2.09. The van der Waals surface area contributed by atoms with Crippen molar-refractivity contribution in [1.29, 1.82) is 0 Å². The van der Waals surface area contributed by atoms with Crippen molar-refractivity contribution in [3.8, 4) is 0 Å². The van der Waals surface area contributed by atoms with Gasteiger partial charge in [-0.3, -0.25) is 0 Å². The van der Waals surface area contributed by atoms with E-state index in [1.54, 1.807) is 0 Å². The number of hydrogen-bond acceptors (Lipinski definition) is 2. The second kappa shape index (κ2) is 7.07. The van der Waals surface area contributed by atoms with E-state index in [-0.39, 0.29) is 0 Å². The van der Waals surface area contributed by atoms with Gasteiger partial charge in [-0.15, -0.1) is 0 Å². The fraction of sp³-hybridized carbons (Fsp3) is 0.600. The Hall–Kier alpha value is -0.470. The molecule has 0 atom stereocenters. The third-order valence-electron chi connectivity index (χ3n) is 2.46. The van der Waals surface area contributed by atoms with Gasteiger partial charge in [-0.05, 0) is 29.2 Å². The van der Waals surface area contributed by atoms with E-state index >= 15 is 0 Å². The molecule has 0 unspecified atom stereocenters. The Morgan fingerprint density at radius 2 is 1.65 bits per heavy atom. The molecule has 1 aromatic carbocycles. The summed E-state index contributed by atoms with van der Waals surface area (Å²) >= 11 is 1.82. The quantitative estimate of drug-likeness (QED) is 0.703. The minimum absolute atomic E-state index is 0.358. The highest BCUT2D eigenvalue weighted by Gasteiger charge is 2.10. The molecular formula is C15H24OS. The minimum Gasteiger partial charge on any atom is -0.376 e. The molecule has 0 N–H and O–H groups in total. The second-order valence-electron chi connectivity index (χ2n) is 5.60. The van der Waals surface area contributed by atoms with Crippen molar-refractivity contribution in [3.05, 3.63) is 35.4 Å². The van der Waals surface area contributed by atoms with E-state index in [9.17, 15) is 0 Å². The van der Waals surface area contributed by atoms with Crippen LogP contribution in [0.5, 0.6) is 0 Å². The van der Waals surface area contributed by atoms with Crippen molar-refractivity contribution < 1.29 is 4.74 Å². The molecule has 17 heavy (non-hydrogen) atoms. The zero-order chi connectivity index (χ0) is 12.7. The third-order valence-corrected chi connectivity index (χ3v) is 3.03. The van der Waals surface area contributed by atoms with Gasteiger partial charge in [0.05, 0.1) is 13.2 Å². The molecule has 0 bridgehead atoms. The average Bonchev–Trinajstić information content (AvgIpc) is 2.25. The van der Waals surface area contributed by atoms with E-state index in [0.717, 1.165) is 25.4 Å². The maximum Gasteiger partial charge on any atom is 0.0717 e. The lowest BCUT2D eigenvalue weighted by atomic mass is 9.88. The van der Waals surface area contributed by atoms with Gasteiger partial charge >= 0.3 is 0 Å². The third kappa shape index (κ3) is 6.75. The Labute approximate surface area is 110 Å². The van der Waals surface area contributed by atoms with Crippen LogP contribution in [0.15, 0.2) is 24.3 Å². The fourth-order valence-corrected chi connectivity index (χ4v) is 1.98. The summed E-state index contributed by atoms with van der Waals surface area (Å²) in [6.07, 6.45) is 3.23. The predicted molar refractivity (Wildman–Crippen MR) is 77.6 cm³/mol. The Morgan fingerprint density at radius 1 is 1.06 bits per heavy atom. The Morgan fingerprint density at radius 3 is 2.18 bits per heavy atom. The molecule has 0 radical (unpaired) electrons. The summed E-state index contributed by atoms with van der Waals surface area (Å²) < 4.78 is 5.58. The predicted octanol–water partition coefficient (Wildman–Crippen LogP) is 4.15. The van der Waals surface area contributed by atoms with Crippen LogP contribution in [0.1, 0.15) is 31.9 Å². The lowest BCUT2D eigenvalue weighted by molar-refractivity contribution is 0.136. The smallest absolute Gasteiger partial charge is 0.0717 e. The van der Waals surface area contributed by atoms with Gasteiger partial charge in [0.1, 0.15) is 0 Å². The second-order valence-corrected chi connectivity index (χ2v) is 6.58. The van der Waals surface area contributed by atoms with Gasteiger partial charge in [-0.1, -0.05) is 45.0 Å². The summed E-state index contributed by atoms with van der Waals surface area (Å²) in [4.78, 5) is 0. The topological polar surface area (TPSA) is 9.23 Å². The first-order valence-electron chi connectivity index (χ1n) is 6.16. The first kappa shape index (κ1) is 14.6. The molecule has 0 aliphatic carbocycles. The molecule has 1 rings (SSSR count). The molecule has 0 fully saturated rings. The van der Waals surface area contributed by atoms with Crippen LogP contribution in [-0.2, 0) is 17.8 Å². The van der Waals surface area contributed by atoms with Crippen LogP contribution in [0.3, 0.4) is 0 Å². The average molecular weight is 252 g/mol. The van der Waals surface area contributed by atoms with Crippen LogP contribution in [0, 0.1) is 5.41 Å². The molecule has 0 heterocycles. The van der Waals surface area contributed by atoms with Crippen LogP contribution < -0.4 is 0 Å². The number of rotatable bonds is 6. The first-order valence-corrected chi connectivity index (χ1v) is 7.55. The van der Waals surface area contributed by atoms with Crippen LogP contribution >= 0.6 is 11.8 Å². The normalized spacial score (nSPS) is 11.8. The molecule has 2 heteroatoms. The maximum atomic E-state index is 5.58. The van der Waals surface area contributed by atoms with Gasteiger partial charge in [0.2, 0.25) is 0 Å². The van der Waals surface area contributed by atoms with Crippen molar-refractivity contribution >= 4 is 11.8 Å². The molecule has 0 saturated heterocycles. The van der Waals surface area contributed by atoms with Crippen molar-refractivity contribution in [2.75, 3.05) is 18.6 Å². The molecule has 1 nitrogen and oxygen atoms in total. The monoisotopic (exact) mass is 252 g/mol. The summed E-state index contributed by atoms with van der Waals surface area (Å²) in [7, 11) is 0. The van der Waals surface area contributed by atoms with Crippen molar-refractivity contribution in [2.45, 2.75) is 33.8 Å². The van der Waals surface area contributed by atoms with Crippen LogP contribution in [0.25, 0.3) is 0 Å². The van der Waals surface area contributed by atoms with Crippen LogP contribution in [0.2, 0.25) is 0 Å². The highest BCUT2D eigenvalue weighted by atomic mass is 32.2. The molecule has 0 aliphatic heterocycles. The molecule has 0 amide bonds. The zero-order valence-corrected chi connectivity index (χ0v) is 12.3. The highest BCUT2D eigenvalue weighted by molar-refractivity contribution is 7.98. The number of benzene rings is 1. The molecule has 0 aliphatic rings. The van der Waals surface area contributed by atoms with Crippen molar-refractivity contribution in [2.24, 2.45) is 5.41 Å². The maximum absolute atomic E-state index is 5.58. The number of ether oxygens (including phenoxy) is 1. The largest absolute Gasteiger partial charge is 0.376 e. The summed E-state index contributed by atoms with van der Waals surface area (Å²) in [5.41, 5.74) is 3.03. The fourth-order valence-electron chi connectivity index (χ4n) is 1.70. The van der Waals surface area contributed by atoms with E-state index in [0.29, 0.717) is 5.41 Å². The molecule has 0 aromatic heterocycles. The standard InChI is InChI=1S/C15H24OS/c1-15(2,3)11-13-5-7-14(8-6-13)12-16-9-10-17-4/h5-8H,9-12H2,1-4H3. The highest BCUT2D eigenvalue weighted by Crippen LogP contribution is 2.20. The van der Waals surface area contributed by atoms with Crippen molar-refractivity contribution in [1.82, 2.24) is 0 Å². The number of thioether (sulfide) groups is 1. The molecule has 0 saturated carbocycles. The van der Waals surface area contributed by atoms with Gasteiger partial charge in [0.15, 0.2) is 0 Å². The van der Waals surface area contributed by atoms with E-state index in [2.05, 4.69) is 51.3 Å². The van der Waals surface area contributed by atoms with E-state index in [1.807, 2.05) is 11.8 Å². The van der Waals surface area contributed by atoms with E-state index in [1.165, 1.54) is 11.1 Å². The molecule has 0 spiro atoms. The van der Waals surface area contributed by atoms with Crippen molar-refractivity contribution in [3.63, 3.8) is 0 Å². The minimum atomic E-state index is 0.358. The van der Waals surface area contributed by atoms with Crippen LogP contribution in [-0.4, -0.2) is 18.6 Å². The summed E-state index contributed by atoms with van der Waals surface area (Å²) in [6.45, 7) is 8.38. The number of hydrogen-bond donors (Lipinski definition) is 0. The zero-order valence-electron chi connectivity index (χ0n) is 11.5. The van der Waals surface area contributed by atoms with Gasteiger partial charge in [0, 0.05) is 5.75 Å². The Bertz CT molecular complexity index is 311. The molecule has 1 aromatic rings. The summed E-state index contributed by atoms with van der Waals surface area (Å²) in [6, 6.07) is 8.80. The Balaban J connectivity index is 2.39. The van der Waals surface area contributed by atoms with Crippen LogP contribution in [0.4, 0.5) is 0 Å². The molecule has 96 valence electrons. The summed E-state index contributed by atoms with van der Waals surface area (Å²) in [5.74, 6) is 1.07. The van der Waals surface area contributed by atoms with Gasteiger partial charge < -0.3 is 4.74 Å². The van der Waals surface area contributed by atoms with E-state index in [4.69, 9.17) is 4.74 Å². The lowest BCUT2D eigenvalue weighted by Gasteiger charge is -2.18. The Kier molecular flexibility index (Phi) is 6.07. The van der Waals surface area contributed by atoms with Gasteiger partial charge in [0.25, 0.3) is 0 Å². The summed E-state index contributed by atoms with van der Waals surface area (Å²) in [5, 5.41) is 0. The van der Waals surface area contributed by atoms with Gasteiger partial charge in [-0.25, -0.2) is 0 Å².